The Morgan fingerprint density at radius 3 is 2.64 bits per heavy atom. The molecule has 0 unspecified atom stereocenters. The van der Waals surface area contributed by atoms with E-state index in [2.05, 4.69) is 15.3 Å². The maximum atomic E-state index is 13.2. The predicted molar refractivity (Wildman–Crippen MR) is 103 cm³/mol. The van der Waals surface area contributed by atoms with Crippen molar-refractivity contribution in [2.75, 3.05) is 26.5 Å². The second kappa shape index (κ2) is 8.92. The van der Waals surface area contributed by atoms with Gasteiger partial charge in [0.15, 0.2) is 28.3 Å². The number of aromatic nitrogens is 2. The number of thioether (sulfide) groups is 1. The molecule has 0 saturated carbocycles. The van der Waals surface area contributed by atoms with E-state index in [0.717, 1.165) is 29.5 Å². The average Bonchev–Trinajstić information content (AvgIpc) is 3.08. The van der Waals surface area contributed by atoms with E-state index < -0.39 is 11.6 Å². The van der Waals surface area contributed by atoms with E-state index in [4.69, 9.17) is 9.47 Å². The normalized spacial score (nSPS) is 10.9. The third kappa shape index (κ3) is 4.72. The van der Waals surface area contributed by atoms with Crippen LogP contribution >= 0.6 is 11.8 Å². The molecule has 148 valence electrons. The van der Waals surface area contributed by atoms with Crippen molar-refractivity contribution >= 4 is 28.7 Å². The lowest BCUT2D eigenvalue weighted by Gasteiger charge is -2.10. The molecule has 9 heteroatoms. The molecule has 0 aliphatic carbocycles. The van der Waals surface area contributed by atoms with E-state index >= 15 is 0 Å². The van der Waals surface area contributed by atoms with Crippen LogP contribution in [0.2, 0.25) is 0 Å². The van der Waals surface area contributed by atoms with Crippen molar-refractivity contribution in [2.24, 2.45) is 0 Å². The van der Waals surface area contributed by atoms with Crippen LogP contribution in [0.15, 0.2) is 35.5 Å². The Labute approximate surface area is 164 Å². The number of nitrogens with zero attached hydrogens (tertiary/aromatic N) is 1. The number of aromatic amines is 1. The molecule has 3 aromatic rings. The minimum absolute atomic E-state index is 0.136. The van der Waals surface area contributed by atoms with E-state index in [0.29, 0.717) is 40.7 Å². The first-order valence-electron chi connectivity index (χ1n) is 8.45. The molecular weight excluding hydrogens is 388 g/mol. The van der Waals surface area contributed by atoms with Gasteiger partial charge in [0.05, 0.1) is 31.0 Å². The average molecular weight is 407 g/mol. The van der Waals surface area contributed by atoms with Crippen molar-refractivity contribution in [2.45, 2.75) is 11.6 Å². The van der Waals surface area contributed by atoms with E-state index in [1.165, 1.54) is 0 Å². The smallest absolute Gasteiger partial charge is 0.230 e. The summed E-state index contributed by atoms with van der Waals surface area (Å²) >= 11 is 1.16. The van der Waals surface area contributed by atoms with Gasteiger partial charge in [-0.25, -0.2) is 13.8 Å². The minimum atomic E-state index is -0.955. The fourth-order valence-electron chi connectivity index (χ4n) is 2.62. The molecule has 2 aromatic carbocycles. The van der Waals surface area contributed by atoms with Crippen molar-refractivity contribution in [3.63, 3.8) is 0 Å². The Balaban J connectivity index is 1.48. The molecule has 1 aromatic heterocycles. The summed E-state index contributed by atoms with van der Waals surface area (Å²) in [6, 6.07) is 7.67. The molecule has 0 aliphatic rings. The van der Waals surface area contributed by atoms with Gasteiger partial charge < -0.3 is 19.8 Å². The van der Waals surface area contributed by atoms with Crippen molar-refractivity contribution < 1.29 is 23.0 Å². The molecule has 0 radical (unpaired) electrons. The standard InChI is InChI=1S/C19H19F2N3O3S/c1-26-16-4-3-11(7-17(16)27-2)5-6-22-18(25)10-28-19-23-14-8-12(20)13(21)9-15(14)24-19/h3-4,7-9H,5-6,10H2,1-2H3,(H,22,25)(H,23,24). The zero-order valence-corrected chi connectivity index (χ0v) is 16.2. The summed E-state index contributed by atoms with van der Waals surface area (Å²) < 4.78 is 36.9. The van der Waals surface area contributed by atoms with Gasteiger partial charge in [0.25, 0.3) is 0 Å². The molecular formula is C19H19F2N3O3S. The highest BCUT2D eigenvalue weighted by molar-refractivity contribution is 7.99. The molecule has 0 aliphatic heterocycles. The van der Waals surface area contributed by atoms with Crippen LogP contribution in [0, 0.1) is 11.6 Å². The van der Waals surface area contributed by atoms with Gasteiger partial charge in [-0.2, -0.15) is 0 Å². The molecule has 0 bridgehead atoms. The molecule has 3 rings (SSSR count). The number of benzene rings is 2. The number of nitrogens with one attached hydrogen (secondary N) is 2. The Morgan fingerprint density at radius 2 is 1.89 bits per heavy atom. The van der Waals surface area contributed by atoms with E-state index in [-0.39, 0.29) is 11.7 Å². The number of carbonyl (C=O) groups excluding carboxylic acids is 1. The number of halogens is 2. The number of methoxy groups -OCH3 is 2. The van der Waals surface area contributed by atoms with Crippen LogP contribution in [0.25, 0.3) is 11.0 Å². The Hall–Kier alpha value is -2.81. The molecule has 0 fully saturated rings. The van der Waals surface area contributed by atoms with Gasteiger partial charge in [-0.05, 0) is 24.1 Å². The van der Waals surface area contributed by atoms with Gasteiger partial charge >= 0.3 is 0 Å². The Kier molecular flexibility index (Phi) is 6.35. The van der Waals surface area contributed by atoms with E-state index in [9.17, 15) is 13.6 Å². The van der Waals surface area contributed by atoms with Gasteiger partial charge in [0.2, 0.25) is 5.91 Å². The molecule has 28 heavy (non-hydrogen) atoms. The first-order valence-corrected chi connectivity index (χ1v) is 9.44. The summed E-state index contributed by atoms with van der Waals surface area (Å²) in [4.78, 5) is 19.0. The number of H-pyrrole nitrogens is 1. The minimum Gasteiger partial charge on any atom is -0.493 e. The number of fused-ring (bicyclic) bond motifs is 1. The van der Waals surface area contributed by atoms with Crippen molar-refractivity contribution in [3.8, 4) is 11.5 Å². The lowest BCUT2D eigenvalue weighted by molar-refractivity contribution is -0.118. The summed E-state index contributed by atoms with van der Waals surface area (Å²) in [5.74, 6) is -0.638. The number of hydrogen-bond acceptors (Lipinski definition) is 5. The number of rotatable bonds is 8. The monoisotopic (exact) mass is 407 g/mol. The van der Waals surface area contributed by atoms with Gasteiger partial charge in [0, 0.05) is 18.7 Å². The second-order valence-corrected chi connectivity index (χ2v) is 6.87. The van der Waals surface area contributed by atoms with Crippen LogP contribution in [-0.2, 0) is 11.2 Å². The largest absolute Gasteiger partial charge is 0.493 e. The van der Waals surface area contributed by atoms with Gasteiger partial charge in [-0.3, -0.25) is 4.79 Å². The third-order valence-electron chi connectivity index (χ3n) is 4.03. The quantitative estimate of drug-likeness (QED) is 0.561. The lowest BCUT2D eigenvalue weighted by atomic mass is 10.1. The molecule has 0 spiro atoms. The molecule has 2 N–H and O–H groups in total. The predicted octanol–water partition coefficient (Wildman–Crippen LogP) is 3.31. The molecule has 0 saturated heterocycles. The molecule has 1 amide bonds. The SMILES string of the molecule is COc1ccc(CCNC(=O)CSc2nc3cc(F)c(F)cc3[nH]2)cc1OC. The van der Waals surface area contributed by atoms with Crippen molar-refractivity contribution in [3.05, 3.63) is 47.5 Å². The summed E-state index contributed by atoms with van der Waals surface area (Å²) in [5.41, 5.74) is 1.71. The zero-order valence-electron chi connectivity index (χ0n) is 15.3. The van der Waals surface area contributed by atoms with Crippen molar-refractivity contribution in [1.29, 1.82) is 0 Å². The number of carbonyl (C=O) groups is 1. The summed E-state index contributed by atoms with van der Waals surface area (Å²) in [7, 11) is 3.14. The van der Waals surface area contributed by atoms with Crippen LogP contribution in [0.3, 0.4) is 0 Å². The van der Waals surface area contributed by atoms with Crippen molar-refractivity contribution in [1.82, 2.24) is 15.3 Å². The summed E-state index contributed by atoms with van der Waals surface area (Å²) in [5, 5.41) is 3.25. The maximum Gasteiger partial charge on any atom is 0.230 e. The fraction of sp³-hybridized carbons (Fsp3) is 0.263. The van der Waals surface area contributed by atoms with E-state index in [1.54, 1.807) is 14.2 Å². The first-order chi connectivity index (χ1) is 13.5. The van der Waals surface area contributed by atoms with Crippen LogP contribution in [0.1, 0.15) is 5.56 Å². The molecule has 1 heterocycles. The molecule has 6 nitrogen and oxygen atoms in total. The van der Waals surface area contributed by atoms with Crippen LogP contribution in [0.5, 0.6) is 11.5 Å². The number of hydrogen-bond donors (Lipinski definition) is 2. The highest BCUT2D eigenvalue weighted by Crippen LogP contribution is 2.27. The lowest BCUT2D eigenvalue weighted by Crippen LogP contribution is -2.27. The number of amides is 1. The van der Waals surface area contributed by atoms with E-state index in [1.807, 2.05) is 18.2 Å². The number of imidazole rings is 1. The highest BCUT2D eigenvalue weighted by Gasteiger charge is 2.11. The summed E-state index contributed by atoms with van der Waals surface area (Å²) in [6.45, 7) is 0.464. The summed E-state index contributed by atoms with van der Waals surface area (Å²) in [6.07, 6.45) is 0.639. The maximum absolute atomic E-state index is 13.2. The van der Waals surface area contributed by atoms with Crippen LogP contribution < -0.4 is 14.8 Å². The van der Waals surface area contributed by atoms with Gasteiger partial charge in [-0.15, -0.1) is 0 Å². The van der Waals surface area contributed by atoms with Crippen LogP contribution in [-0.4, -0.2) is 42.4 Å². The van der Waals surface area contributed by atoms with Gasteiger partial charge in [0.1, 0.15) is 0 Å². The highest BCUT2D eigenvalue weighted by atomic mass is 32.2. The Morgan fingerprint density at radius 1 is 1.14 bits per heavy atom. The third-order valence-corrected chi connectivity index (χ3v) is 4.90. The second-order valence-electron chi connectivity index (χ2n) is 5.90. The fourth-order valence-corrected chi connectivity index (χ4v) is 3.33. The zero-order chi connectivity index (χ0) is 20.1. The van der Waals surface area contributed by atoms with Gasteiger partial charge in [-0.1, -0.05) is 17.8 Å². The number of ether oxygens (including phenoxy) is 2. The topological polar surface area (TPSA) is 76.2 Å². The van der Waals surface area contributed by atoms with Crippen LogP contribution in [0.4, 0.5) is 8.78 Å². The molecule has 0 atom stereocenters. The first kappa shape index (κ1) is 19.9. The Bertz CT molecular complexity index is 955.